The van der Waals surface area contributed by atoms with E-state index in [1.54, 1.807) is 0 Å². The Morgan fingerprint density at radius 2 is 1.56 bits per heavy atom. The first-order valence-corrected chi connectivity index (χ1v) is 9.77. The molecule has 0 aromatic heterocycles. The van der Waals surface area contributed by atoms with Crippen molar-refractivity contribution in [1.29, 1.82) is 0 Å². The van der Waals surface area contributed by atoms with Gasteiger partial charge in [0.15, 0.2) is 0 Å². The summed E-state index contributed by atoms with van der Waals surface area (Å²) in [4.78, 5) is 2.21. The van der Waals surface area contributed by atoms with Crippen LogP contribution < -0.4 is 9.88 Å². The van der Waals surface area contributed by atoms with Crippen LogP contribution in [0.2, 0.25) is 0 Å². The van der Waals surface area contributed by atoms with Crippen LogP contribution in [0.1, 0.15) is 11.1 Å². The molecule has 0 aliphatic carbocycles. The average molecular weight is 361 g/mol. The van der Waals surface area contributed by atoms with E-state index in [0.29, 0.717) is 32.8 Å². The lowest BCUT2D eigenvalue weighted by atomic mass is 10.1. The number of para-hydroxylation sites is 1. The van der Waals surface area contributed by atoms with Gasteiger partial charge in [0, 0.05) is 38.3 Å². The van der Waals surface area contributed by atoms with Crippen molar-refractivity contribution in [1.82, 2.24) is 9.21 Å². The fourth-order valence-corrected chi connectivity index (χ4v) is 3.57. The summed E-state index contributed by atoms with van der Waals surface area (Å²) in [7, 11) is -3.59. The molecule has 1 saturated heterocycles. The molecule has 1 heterocycles. The molecule has 2 N–H and O–H groups in total. The Kier molecular flexibility index (Phi) is 5.70. The standard InChI is InChI=1S/C18H23N3O3S/c19-25(22,23)21-12-10-20(11-13-21)14-17-8-4-5-9-18(17)24-15-16-6-2-1-3-7-16/h1-9H,10-15H2,(H2,19,22,23). The monoisotopic (exact) mass is 361 g/mol. The third kappa shape index (κ3) is 5.02. The molecule has 1 aliphatic heterocycles. The molecular weight excluding hydrogens is 338 g/mol. The van der Waals surface area contributed by atoms with Gasteiger partial charge >= 0.3 is 0 Å². The van der Waals surface area contributed by atoms with E-state index in [4.69, 9.17) is 9.88 Å². The van der Waals surface area contributed by atoms with Crippen molar-refractivity contribution < 1.29 is 13.2 Å². The molecule has 25 heavy (non-hydrogen) atoms. The summed E-state index contributed by atoms with van der Waals surface area (Å²) in [6.45, 7) is 3.41. The Labute approximate surface area is 149 Å². The highest BCUT2D eigenvalue weighted by atomic mass is 32.2. The summed E-state index contributed by atoms with van der Waals surface area (Å²) in [6, 6.07) is 18.0. The van der Waals surface area contributed by atoms with E-state index in [0.717, 1.165) is 23.4 Å². The minimum Gasteiger partial charge on any atom is -0.489 e. The predicted octanol–water partition coefficient (Wildman–Crippen LogP) is 1.59. The molecule has 7 heteroatoms. The molecule has 134 valence electrons. The Bertz CT molecular complexity index is 788. The van der Waals surface area contributed by atoms with Crippen molar-refractivity contribution in [3.05, 3.63) is 65.7 Å². The third-order valence-electron chi connectivity index (χ3n) is 4.29. The number of benzene rings is 2. The first-order chi connectivity index (χ1) is 12.0. The van der Waals surface area contributed by atoms with Gasteiger partial charge in [-0.1, -0.05) is 48.5 Å². The first-order valence-electron chi connectivity index (χ1n) is 8.27. The van der Waals surface area contributed by atoms with E-state index < -0.39 is 10.2 Å². The van der Waals surface area contributed by atoms with Crippen LogP contribution in [0, 0.1) is 0 Å². The van der Waals surface area contributed by atoms with Gasteiger partial charge in [-0.25, -0.2) is 5.14 Å². The minimum absolute atomic E-state index is 0.422. The van der Waals surface area contributed by atoms with Crippen LogP contribution in [0.25, 0.3) is 0 Å². The number of piperazine rings is 1. The lowest BCUT2D eigenvalue weighted by Gasteiger charge is -2.33. The third-order valence-corrected chi connectivity index (χ3v) is 5.38. The first kappa shape index (κ1) is 17.9. The van der Waals surface area contributed by atoms with Crippen LogP contribution in [-0.2, 0) is 23.4 Å². The van der Waals surface area contributed by atoms with Gasteiger partial charge in [0.25, 0.3) is 10.2 Å². The van der Waals surface area contributed by atoms with E-state index in [-0.39, 0.29) is 0 Å². The van der Waals surface area contributed by atoms with Crippen molar-refractivity contribution in [2.75, 3.05) is 26.2 Å². The zero-order valence-electron chi connectivity index (χ0n) is 14.0. The number of nitrogens with zero attached hydrogens (tertiary/aromatic N) is 2. The molecule has 2 aromatic carbocycles. The zero-order valence-corrected chi connectivity index (χ0v) is 14.9. The van der Waals surface area contributed by atoms with Gasteiger partial charge in [0.1, 0.15) is 12.4 Å². The maximum absolute atomic E-state index is 11.4. The van der Waals surface area contributed by atoms with Gasteiger partial charge < -0.3 is 4.74 Å². The fraction of sp³-hybridized carbons (Fsp3) is 0.333. The number of rotatable bonds is 6. The predicted molar refractivity (Wildman–Crippen MR) is 97.2 cm³/mol. The summed E-state index contributed by atoms with van der Waals surface area (Å²) in [6.07, 6.45) is 0. The van der Waals surface area contributed by atoms with Crippen LogP contribution in [0.3, 0.4) is 0 Å². The van der Waals surface area contributed by atoms with Gasteiger partial charge in [-0.2, -0.15) is 12.7 Å². The van der Waals surface area contributed by atoms with E-state index in [2.05, 4.69) is 4.90 Å². The molecule has 3 rings (SSSR count). The summed E-state index contributed by atoms with van der Waals surface area (Å²) in [5, 5.41) is 5.19. The van der Waals surface area contributed by atoms with Crippen LogP contribution in [0.5, 0.6) is 5.75 Å². The highest BCUT2D eigenvalue weighted by Gasteiger charge is 2.24. The Morgan fingerprint density at radius 3 is 2.24 bits per heavy atom. The normalized spacial score (nSPS) is 16.7. The van der Waals surface area contributed by atoms with E-state index >= 15 is 0 Å². The molecule has 0 unspecified atom stereocenters. The fourth-order valence-electron chi connectivity index (χ4n) is 2.89. The van der Waals surface area contributed by atoms with Gasteiger partial charge in [0.05, 0.1) is 0 Å². The number of hydrogen-bond acceptors (Lipinski definition) is 4. The Balaban J connectivity index is 1.60. The van der Waals surface area contributed by atoms with Crippen molar-refractivity contribution in [3.8, 4) is 5.75 Å². The van der Waals surface area contributed by atoms with Gasteiger partial charge in [-0.3, -0.25) is 4.90 Å². The molecule has 0 spiro atoms. The van der Waals surface area contributed by atoms with Gasteiger partial charge in [-0.15, -0.1) is 0 Å². The summed E-state index contributed by atoms with van der Waals surface area (Å²) in [5.41, 5.74) is 2.22. The van der Waals surface area contributed by atoms with Gasteiger partial charge in [-0.05, 0) is 11.6 Å². The average Bonchev–Trinajstić information content (AvgIpc) is 2.62. The molecule has 1 fully saturated rings. The lowest BCUT2D eigenvalue weighted by molar-refractivity contribution is 0.178. The quantitative estimate of drug-likeness (QED) is 0.848. The molecule has 1 aliphatic rings. The maximum atomic E-state index is 11.4. The van der Waals surface area contributed by atoms with Gasteiger partial charge in [0.2, 0.25) is 0 Å². The molecule has 0 atom stereocenters. The second kappa shape index (κ2) is 7.97. The Hall–Kier alpha value is -1.93. The topological polar surface area (TPSA) is 75.9 Å². The smallest absolute Gasteiger partial charge is 0.276 e. The summed E-state index contributed by atoms with van der Waals surface area (Å²) < 4.78 is 30.1. The molecule has 0 saturated carbocycles. The summed E-state index contributed by atoms with van der Waals surface area (Å²) >= 11 is 0. The summed E-state index contributed by atoms with van der Waals surface area (Å²) in [5.74, 6) is 0.861. The van der Waals surface area contributed by atoms with Crippen LogP contribution >= 0.6 is 0 Å². The van der Waals surface area contributed by atoms with Crippen molar-refractivity contribution in [2.45, 2.75) is 13.2 Å². The maximum Gasteiger partial charge on any atom is 0.276 e. The van der Waals surface area contributed by atoms with Crippen molar-refractivity contribution in [3.63, 3.8) is 0 Å². The molecule has 0 radical (unpaired) electrons. The lowest BCUT2D eigenvalue weighted by Crippen LogP contribution is -2.50. The zero-order chi connectivity index (χ0) is 17.7. The largest absolute Gasteiger partial charge is 0.489 e. The highest BCUT2D eigenvalue weighted by molar-refractivity contribution is 7.86. The molecule has 0 bridgehead atoms. The van der Waals surface area contributed by atoms with Crippen LogP contribution in [0.4, 0.5) is 0 Å². The molecule has 0 amide bonds. The second-order valence-corrected chi connectivity index (χ2v) is 7.65. The Morgan fingerprint density at radius 1 is 0.920 bits per heavy atom. The van der Waals surface area contributed by atoms with E-state index in [1.807, 2.05) is 54.6 Å². The van der Waals surface area contributed by atoms with E-state index in [1.165, 1.54) is 4.31 Å². The molecular formula is C18H23N3O3S. The number of hydrogen-bond donors (Lipinski definition) is 1. The molecule has 2 aromatic rings. The highest BCUT2D eigenvalue weighted by Crippen LogP contribution is 2.22. The second-order valence-electron chi connectivity index (χ2n) is 6.10. The number of nitrogens with two attached hydrogens (primary N) is 1. The van der Waals surface area contributed by atoms with E-state index in [9.17, 15) is 8.42 Å². The SMILES string of the molecule is NS(=O)(=O)N1CCN(Cc2ccccc2OCc2ccccc2)CC1. The minimum atomic E-state index is -3.59. The van der Waals surface area contributed by atoms with Crippen LogP contribution in [0.15, 0.2) is 54.6 Å². The van der Waals surface area contributed by atoms with Crippen LogP contribution in [-0.4, -0.2) is 43.8 Å². The molecule has 6 nitrogen and oxygen atoms in total. The van der Waals surface area contributed by atoms with Crippen molar-refractivity contribution in [2.24, 2.45) is 5.14 Å². The van der Waals surface area contributed by atoms with Crippen molar-refractivity contribution >= 4 is 10.2 Å². The number of ether oxygens (including phenoxy) is 1.